The third kappa shape index (κ3) is 4.92. The van der Waals surface area contributed by atoms with Gasteiger partial charge in [0.2, 0.25) is 0 Å². The zero-order chi connectivity index (χ0) is 14.3. The molecule has 19 heavy (non-hydrogen) atoms. The number of nitrogens with two attached hydrogens (primary N) is 1. The molecule has 1 rings (SSSR count). The maximum Gasteiger partial charge on any atom is 0.269 e. The van der Waals surface area contributed by atoms with Gasteiger partial charge in [0.25, 0.3) is 5.91 Å². The van der Waals surface area contributed by atoms with Crippen LogP contribution in [0.2, 0.25) is 0 Å². The molecule has 0 spiro atoms. The Balaban J connectivity index is 2.49. The van der Waals surface area contributed by atoms with Crippen molar-refractivity contribution in [2.75, 3.05) is 13.2 Å². The van der Waals surface area contributed by atoms with Crippen molar-refractivity contribution in [3.05, 3.63) is 29.6 Å². The summed E-state index contributed by atoms with van der Waals surface area (Å²) in [5.41, 5.74) is 6.10. The van der Waals surface area contributed by atoms with E-state index < -0.39 is 0 Å². The van der Waals surface area contributed by atoms with Gasteiger partial charge in [-0.2, -0.15) is 0 Å². The van der Waals surface area contributed by atoms with Gasteiger partial charge in [0.1, 0.15) is 5.69 Å². The Hall–Kier alpha value is -2.15. The highest BCUT2D eigenvalue weighted by Crippen LogP contribution is 2.00. The number of ether oxygens (including phenoxy) is 1. The van der Waals surface area contributed by atoms with Gasteiger partial charge < -0.3 is 21.0 Å². The Bertz CT molecular complexity index is 443. The largest absolute Gasteiger partial charge is 0.409 e. The van der Waals surface area contributed by atoms with Crippen LogP contribution in [0, 0.1) is 0 Å². The topological polar surface area (TPSA) is 110 Å². The number of amides is 1. The van der Waals surface area contributed by atoms with E-state index in [1.54, 1.807) is 6.07 Å². The summed E-state index contributed by atoms with van der Waals surface area (Å²) >= 11 is 0. The van der Waals surface area contributed by atoms with Crippen LogP contribution in [0.5, 0.6) is 0 Å². The number of nitrogens with zero attached hydrogens (tertiary/aromatic N) is 2. The van der Waals surface area contributed by atoms with Crippen molar-refractivity contribution in [1.29, 1.82) is 0 Å². The van der Waals surface area contributed by atoms with E-state index >= 15 is 0 Å². The number of aromatic nitrogens is 1. The first kappa shape index (κ1) is 14.9. The second-order valence-corrected chi connectivity index (χ2v) is 4.09. The third-order valence-electron chi connectivity index (χ3n) is 2.24. The second kappa shape index (κ2) is 7.32. The molecule has 0 aliphatic rings. The number of carbonyl (C=O) groups is 1. The van der Waals surface area contributed by atoms with E-state index in [1.165, 1.54) is 12.3 Å². The van der Waals surface area contributed by atoms with E-state index in [0.717, 1.165) is 0 Å². The van der Waals surface area contributed by atoms with E-state index in [-0.39, 0.29) is 23.5 Å². The summed E-state index contributed by atoms with van der Waals surface area (Å²) in [6.45, 7) is 4.72. The molecule has 0 atom stereocenters. The summed E-state index contributed by atoms with van der Waals surface area (Å²) in [6, 6.07) is 3.06. The summed E-state index contributed by atoms with van der Waals surface area (Å²) in [4.78, 5) is 15.6. The highest BCUT2D eigenvalue weighted by atomic mass is 16.5. The monoisotopic (exact) mass is 266 g/mol. The summed E-state index contributed by atoms with van der Waals surface area (Å²) in [6.07, 6.45) is 1.50. The maximum atomic E-state index is 11.7. The van der Waals surface area contributed by atoms with Gasteiger partial charge in [-0.05, 0) is 26.0 Å². The van der Waals surface area contributed by atoms with Gasteiger partial charge in [-0.15, -0.1) is 0 Å². The van der Waals surface area contributed by atoms with Crippen LogP contribution < -0.4 is 11.1 Å². The Morgan fingerprint density at radius 2 is 2.32 bits per heavy atom. The normalized spacial score (nSPS) is 11.6. The first-order valence-electron chi connectivity index (χ1n) is 5.88. The van der Waals surface area contributed by atoms with Gasteiger partial charge >= 0.3 is 0 Å². The fourth-order valence-corrected chi connectivity index (χ4v) is 1.29. The van der Waals surface area contributed by atoms with Crippen LogP contribution in [0.1, 0.15) is 29.9 Å². The van der Waals surface area contributed by atoms with Crippen LogP contribution >= 0.6 is 0 Å². The Labute approximate surface area is 111 Å². The van der Waals surface area contributed by atoms with Crippen molar-refractivity contribution < 1.29 is 14.7 Å². The maximum absolute atomic E-state index is 11.7. The number of carbonyl (C=O) groups excluding carboxylic acids is 1. The highest BCUT2D eigenvalue weighted by molar-refractivity contribution is 5.98. The molecular formula is C12H18N4O3. The van der Waals surface area contributed by atoms with Crippen LogP contribution in [-0.2, 0) is 4.74 Å². The predicted octanol–water partition coefficient (Wildman–Crippen LogP) is 0.331. The van der Waals surface area contributed by atoms with Gasteiger partial charge in [-0.25, -0.2) is 0 Å². The molecular weight excluding hydrogens is 248 g/mol. The molecule has 0 radical (unpaired) electrons. The lowest BCUT2D eigenvalue weighted by molar-refractivity contribution is 0.0745. The van der Waals surface area contributed by atoms with Crippen LogP contribution in [0.25, 0.3) is 0 Å². The molecule has 0 saturated heterocycles. The molecule has 0 saturated carbocycles. The Morgan fingerprint density at radius 1 is 1.58 bits per heavy atom. The number of hydrogen-bond donors (Lipinski definition) is 3. The number of hydrogen-bond acceptors (Lipinski definition) is 5. The van der Waals surface area contributed by atoms with Crippen molar-refractivity contribution >= 4 is 11.7 Å². The van der Waals surface area contributed by atoms with Crippen molar-refractivity contribution in [1.82, 2.24) is 10.3 Å². The molecule has 1 amide bonds. The fourth-order valence-electron chi connectivity index (χ4n) is 1.29. The number of oxime groups is 1. The third-order valence-corrected chi connectivity index (χ3v) is 2.24. The minimum Gasteiger partial charge on any atom is -0.409 e. The lowest BCUT2D eigenvalue weighted by Gasteiger charge is -2.08. The van der Waals surface area contributed by atoms with Crippen molar-refractivity contribution in [3.63, 3.8) is 0 Å². The van der Waals surface area contributed by atoms with E-state index in [4.69, 9.17) is 15.7 Å². The van der Waals surface area contributed by atoms with Crippen LogP contribution in [0.3, 0.4) is 0 Å². The fraction of sp³-hybridized carbons (Fsp3) is 0.417. The van der Waals surface area contributed by atoms with Crippen molar-refractivity contribution in [2.24, 2.45) is 10.9 Å². The number of nitrogens with one attached hydrogen (secondary N) is 1. The second-order valence-electron chi connectivity index (χ2n) is 4.09. The van der Waals surface area contributed by atoms with Gasteiger partial charge in [-0.1, -0.05) is 5.16 Å². The summed E-state index contributed by atoms with van der Waals surface area (Å²) in [5, 5.41) is 14.0. The highest BCUT2D eigenvalue weighted by Gasteiger charge is 2.07. The van der Waals surface area contributed by atoms with E-state index in [0.29, 0.717) is 18.7 Å². The van der Waals surface area contributed by atoms with Crippen LogP contribution in [-0.4, -0.2) is 41.2 Å². The zero-order valence-electron chi connectivity index (χ0n) is 11.0. The molecule has 0 fully saturated rings. The quantitative estimate of drug-likeness (QED) is 0.226. The van der Waals surface area contributed by atoms with Crippen molar-refractivity contribution in [2.45, 2.75) is 20.0 Å². The van der Waals surface area contributed by atoms with Crippen LogP contribution in [0.4, 0.5) is 0 Å². The number of pyridine rings is 1. The van der Waals surface area contributed by atoms with Gasteiger partial charge in [0.05, 0.1) is 12.7 Å². The van der Waals surface area contributed by atoms with E-state index in [2.05, 4.69) is 15.5 Å². The number of rotatable bonds is 6. The van der Waals surface area contributed by atoms with E-state index in [9.17, 15) is 4.79 Å². The molecule has 104 valence electrons. The standard InChI is InChI=1S/C12H18N4O3/c1-8(2)19-6-5-14-12(17)10-4-3-9(7-15-10)11(13)16-18/h3-4,7-8,18H,5-6H2,1-2H3,(H2,13,16)(H,14,17). The van der Waals surface area contributed by atoms with E-state index in [1.807, 2.05) is 13.8 Å². The van der Waals surface area contributed by atoms with Crippen LogP contribution in [0.15, 0.2) is 23.5 Å². The summed E-state index contributed by atoms with van der Waals surface area (Å²) in [7, 11) is 0. The molecule has 0 unspecified atom stereocenters. The molecule has 1 aromatic heterocycles. The molecule has 7 heteroatoms. The lowest BCUT2D eigenvalue weighted by atomic mass is 10.2. The lowest BCUT2D eigenvalue weighted by Crippen LogP contribution is -2.28. The summed E-state index contributed by atoms with van der Waals surface area (Å²) < 4.78 is 5.30. The average molecular weight is 266 g/mol. The van der Waals surface area contributed by atoms with Gasteiger partial charge in [0, 0.05) is 18.3 Å². The minimum atomic E-state index is -0.293. The smallest absolute Gasteiger partial charge is 0.269 e. The minimum absolute atomic E-state index is 0.0511. The molecule has 0 aromatic carbocycles. The molecule has 4 N–H and O–H groups in total. The number of amidine groups is 1. The zero-order valence-corrected chi connectivity index (χ0v) is 11.0. The van der Waals surface area contributed by atoms with Crippen molar-refractivity contribution in [3.8, 4) is 0 Å². The summed E-state index contributed by atoms with van der Waals surface area (Å²) in [5.74, 6) is -0.344. The molecule has 0 aliphatic carbocycles. The molecule has 0 aliphatic heterocycles. The Kier molecular flexibility index (Phi) is 5.74. The average Bonchev–Trinajstić information content (AvgIpc) is 2.42. The molecule has 0 bridgehead atoms. The molecule has 1 heterocycles. The van der Waals surface area contributed by atoms with Gasteiger partial charge in [-0.3, -0.25) is 9.78 Å². The molecule has 1 aromatic rings. The molecule has 7 nitrogen and oxygen atoms in total. The first-order valence-corrected chi connectivity index (χ1v) is 5.88. The predicted molar refractivity (Wildman–Crippen MR) is 70.2 cm³/mol. The Morgan fingerprint density at radius 3 is 2.84 bits per heavy atom. The first-order chi connectivity index (χ1) is 9.04. The SMILES string of the molecule is CC(C)OCCNC(=O)c1ccc(/C(N)=N/O)cn1. The van der Waals surface area contributed by atoms with Gasteiger partial charge in [0.15, 0.2) is 5.84 Å².